The molecule has 0 unspecified atom stereocenters. The van der Waals surface area contributed by atoms with Gasteiger partial charge in [-0.1, -0.05) is 24.3 Å². The molecule has 0 spiro atoms. The summed E-state index contributed by atoms with van der Waals surface area (Å²) in [7, 11) is 0. The summed E-state index contributed by atoms with van der Waals surface area (Å²) >= 11 is 5.62. The number of alkyl halides is 1. The van der Waals surface area contributed by atoms with Gasteiger partial charge < -0.3 is 10.1 Å². The molecule has 1 amide bonds. The molecule has 5 nitrogen and oxygen atoms in total. The molecule has 0 heterocycles. The molecule has 0 aliphatic rings. The molecule has 0 fully saturated rings. The van der Waals surface area contributed by atoms with Gasteiger partial charge in [0.05, 0.1) is 22.7 Å². The first-order valence-corrected chi connectivity index (χ1v) is 7.33. The van der Waals surface area contributed by atoms with E-state index < -0.39 is 11.8 Å². The summed E-state index contributed by atoms with van der Waals surface area (Å²) in [6.07, 6.45) is 0. The minimum atomic E-state index is -0.603. The third-order valence-electron chi connectivity index (χ3n) is 2.95. The van der Waals surface area contributed by atoms with Crippen molar-refractivity contribution in [3.05, 3.63) is 59.7 Å². The van der Waals surface area contributed by atoms with E-state index in [0.717, 1.165) is 0 Å². The predicted octanol–water partition coefficient (Wildman–Crippen LogP) is 3.29. The molecule has 23 heavy (non-hydrogen) atoms. The number of carbonyl (C=O) groups is 3. The van der Waals surface area contributed by atoms with E-state index >= 15 is 0 Å². The van der Waals surface area contributed by atoms with Gasteiger partial charge in [-0.3, -0.25) is 9.59 Å². The molecule has 2 aromatic rings. The van der Waals surface area contributed by atoms with Crippen LogP contribution in [0.4, 0.5) is 5.69 Å². The number of ether oxygens (including phenoxy) is 1. The number of hydrogen-bond donors (Lipinski definition) is 1. The van der Waals surface area contributed by atoms with E-state index in [1.165, 1.54) is 13.0 Å². The predicted molar refractivity (Wildman–Crippen MR) is 87.2 cm³/mol. The van der Waals surface area contributed by atoms with Crippen molar-refractivity contribution < 1.29 is 19.1 Å². The van der Waals surface area contributed by atoms with Crippen molar-refractivity contribution in [3.8, 4) is 5.75 Å². The maximum Gasteiger partial charge on any atom is 0.343 e. The second-order valence-electron chi connectivity index (χ2n) is 4.67. The maximum absolute atomic E-state index is 12.2. The van der Waals surface area contributed by atoms with Crippen LogP contribution in [0.25, 0.3) is 0 Å². The molecule has 0 saturated heterocycles. The lowest BCUT2D eigenvalue weighted by Crippen LogP contribution is -2.16. The molecule has 2 rings (SSSR count). The highest BCUT2D eigenvalue weighted by Gasteiger charge is 2.20. The lowest BCUT2D eigenvalue weighted by Gasteiger charge is -2.13. The molecular formula is C17H14ClNO4. The summed E-state index contributed by atoms with van der Waals surface area (Å²) in [5.41, 5.74) is 0.671. The molecule has 0 aromatic heterocycles. The van der Waals surface area contributed by atoms with Crippen LogP contribution in [0.2, 0.25) is 0 Å². The molecular weight excluding hydrogens is 318 g/mol. The van der Waals surface area contributed by atoms with Crippen molar-refractivity contribution in [1.29, 1.82) is 0 Å². The number of ketones is 1. The number of Topliss-reactive ketones (excluding diaryl/α,β-unsaturated/α-hetero) is 1. The van der Waals surface area contributed by atoms with Gasteiger partial charge in [0.25, 0.3) is 0 Å². The number of amides is 1. The Balaban J connectivity index is 2.39. The van der Waals surface area contributed by atoms with Gasteiger partial charge in [-0.2, -0.15) is 0 Å². The lowest BCUT2D eigenvalue weighted by molar-refractivity contribution is -0.114. The minimum Gasteiger partial charge on any atom is -0.422 e. The number of nitrogens with one attached hydrogen (secondary N) is 1. The number of carbonyl (C=O) groups excluding carboxylic acids is 3. The van der Waals surface area contributed by atoms with Gasteiger partial charge in [0.15, 0.2) is 5.78 Å². The molecule has 0 atom stereocenters. The SMILES string of the molecule is CC(=O)Nc1cccc(OC(=O)c2ccccc2)c1C(=O)CCl. The Morgan fingerprint density at radius 3 is 2.35 bits per heavy atom. The molecule has 118 valence electrons. The third kappa shape index (κ3) is 4.17. The number of anilines is 1. The van der Waals surface area contributed by atoms with Gasteiger partial charge in [-0.15, -0.1) is 11.6 Å². The lowest BCUT2D eigenvalue weighted by atomic mass is 10.1. The maximum atomic E-state index is 12.2. The van der Waals surface area contributed by atoms with Gasteiger partial charge in [-0.25, -0.2) is 4.79 Å². The number of rotatable bonds is 5. The van der Waals surface area contributed by atoms with Gasteiger partial charge in [0, 0.05) is 6.92 Å². The monoisotopic (exact) mass is 331 g/mol. The van der Waals surface area contributed by atoms with Crippen molar-refractivity contribution in [2.24, 2.45) is 0 Å². The highest BCUT2D eigenvalue weighted by molar-refractivity contribution is 6.31. The van der Waals surface area contributed by atoms with E-state index in [0.29, 0.717) is 5.56 Å². The van der Waals surface area contributed by atoms with Crippen LogP contribution in [0.5, 0.6) is 5.75 Å². The van der Waals surface area contributed by atoms with E-state index in [-0.39, 0.29) is 28.8 Å². The fourth-order valence-electron chi connectivity index (χ4n) is 2.00. The highest BCUT2D eigenvalue weighted by atomic mass is 35.5. The average molecular weight is 332 g/mol. The van der Waals surface area contributed by atoms with Crippen molar-refractivity contribution in [2.75, 3.05) is 11.2 Å². The molecule has 6 heteroatoms. The first-order chi connectivity index (χ1) is 11.0. The Morgan fingerprint density at radius 2 is 1.74 bits per heavy atom. The summed E-state index contributed by atoms with van der Waals surface area (Å²) in [4.78, 5) is 35.5. The van der Waals surface area contributed by atoms with E-state index in [1.54, 1.807) is 42.5 Å². The smallest absolute Gasteiger partial charge is 0.343 e. The molecule has 1 N–H and O–H groups in total. The molecule has 0 radical (unpaired) electrons. The van der Waals surface area contributed by atoms with Crippen molar-refractivity contribution in [1.82, 2.24) is 0 Å². The van der Waals surface area contributed by atoms with Crippen LogP contribution < -0.4 is 10.1 Å². The van der Waals surface area contributed by atoms with Crippen molar-refractivity contribution in [2.45, 2.75) is 6.92 Å². The summed E-state index contributed by atoms with van der Waals surface area (Å²) < 4.78 is 5.31. The van der Waals surface area contributed by atoms with Gasteiger partial charge >= 0.3 is 5.97 Å². The Bertz CT molecular complexity index is 744. The van der Waals surface area contributed by atoms with Crippen LogP contribution >= 0.6 is 11.6 Å². The van der Waals surface area contributed by atoms with Crippen LogP contribution in [0.3, 0.4) is 0 Å². The van der Waals surface area contributed by atoms with Crippen molar-refractivity contribution in [3.63, 3.8) is 0 Å². The summed E-state index contributed by atoms with van der Waals surface area (Å²) in [5.74, 6) is -1.65. The van der Waals surface area contributed by atoms with Gasteiger partial charge in [-0.05, 0) is 24.3 Å². The van der Waals surface area contributed by atoms with Crippen LogP contribution in [-0.4, -0.2) is 23.5 Å². The Morgan fingerprint density at radius 1 is 1.04 bits per heavy atom. The Labute approximate surface area is 138 Å². The molecule has 0 aliphatic heterocycles. The van der Waals surface area contributed by atoms with Crippen LogP contribution in [0.1, 0.15) is 27.6 Å². The Kier molecular flexibility index (Phi) is 5.49. The molecule has 0 aliphatic carbocycles. The van der Waals surface area contributed by atoms with Gasteiger partial charge in [0.1, 0.15) is 5.75 Å². The van der Waals surface area contributed by atoms with E-state index in [1.807, 2.05) is 0 Å². The number of benzene rings is 2. The zero-order chi connectivity index (χ0) is 16.8. The molecule has 0 saturated carbocycles. The highest BCUT2D eigenvalue weighted by Crippen LogP contribution is 2.28. The molecule has 0 bridgehead atoms. The standard InChI is InChI=1S/C17H14ClNO4/c1-11(20)19-13-8-5-9-15(16(13)14(21)10-18)23-17(22)12-6-3-2-4-7-12/h2-9H,10H2,1H3,(H,19,20). The second-order valence-corrected chi connectivity index (χ2v) is 4.94. The number of hydrogen-bond acceptors (Lipinski definition) is 4. The second kappa shape index (κ2) is 7.56. The third-order valence-corrected chi connectivity index (χ3v) is 3.19. The topological polar surface area (TPSA) is 72.5 Å². The van der Waals surface area contributed by atoms with Gasteiger partial charge in [0.2, 0.25) is 5.91 Å². The van der Waals surface area contributed by atoms with E-state index in [2.05, 4.69) is 5.32 Å². The van der Waals surface area contributed by atoms with Crippen LogP contribution in [0, 0.1) is 0 Å². The minimum absolute atomic E-state index is 0.0516. The summed E-state index contributed by atoms with van der Waals surface area (Å²) in [6, 6.07) is 13.0. The van der Waals surface area contributed by atoms with E-state index in [4.69, 9.17) is 16.3 Å². The normalized spacial score (nSPS) is 10.0. The fourth-order valence-corrected chi connectivity index (χ4v) is 2.13. The number of esters is 1. The quantitative estimate of drug-likeness (QED) is 0.395. The summed E-state index contributed by atoms with van der Waals surface area (Å²) in [5, 5.41) is 2.53. The summed E-state index contributed by atoms with van der Waals surface area (Å²) in [6.45, 7) is 1.32. The van der Waals surface area contributed by atoms with Crippen LogP contribution in [-0.2, 0) is 4.79 Å². The average Bonchev–Trinajstić information content (AvgIpc) is 2.54. The van der Waals surface area contributed by atoms with E-state index in [9.17, 15) is 14.4 Å². The van der Waals surface area contributed by atoms with Crippen molar-refractivity contribution >= 4 is 34.9 Å². The molecule has 2 aromatic carbocycles. The largest absolute Gasteiger partial charge is 0.422 e. The number of halogens is 1. The first kappa shape index (κ1) is 16.7. The fraction of sp³-hybridized carbons (Fsp3) is 0.118. The zero-order valence-electron chi connectivity index (χ0n) is 12.3. The first-order valence-electron chi connectivity index (χ1n) is 6.80. The van der Waals surface area contributed by atoms with Crippen LogP contribution in [0.15, 0.2) is 48.5 Å². The Hall–Kier alpha value is -2.66. The zero-order valence-corrected chi connectivity index (χ0v) is 13.1.